The van der Waals surface area contributed by atoms with Crippen LogP contribution in [0.1, 0.15) is 39.5 Å². The van der Waals surface area contributed by atoms with Crippen molar-refractivity contribution in [1.82, 2.24) is 8.61 Å². The quantitative estimate of drug-likeness (QED) is 0.829. The average Bonchev–Trinajstić information content (AvgIpc) is 2.29. The van der Waals surface area contributed by atoms with Gasteiger partial charge in [-0.15, -0.1) is 12.4 Å². The normalized spacial score (nSPS) is 23.7. The van der Waals surface area contributed by atoms with Crippen molar-refractivity contribution in [3.8, 4) is 0 Å². The number of hydrogen-bond acceptors (Lipinski definition) is 3. The van der Waals surface area contributed by atoms with Crippen LogP contribution in [-0.4, -0.2) is 49.2 Å². The van der Waals surface area contributed by atoms with Crippen molar-refractivity contribution in [2.24, 2.45) is 5.73 Å². The third-order valence-electron chi connectivity index (χ3n) is 3.33. The summed E-state index contributed by atoms with van der Waals surface area (Å²) in [6.07, 6.45) is 3.70. The second kappa shape index (κ2) is 7.65. The van der Waals surface area contributed by atoms with Crippen LogP contribution in [0.4, 0.5) is 0 Å². The smallest absolute Gasteiger partial charge is 0.282 e. The van der Waals surface area contributed by atoms with Gasteiger partial charge in [0.25, 0.3) is 10.2 Å². The molecular weight excluding hydrogens is 274 g/mol. The molecule has 0 radical (unpaired) electrons. The first-order valence-corrected chi connectivity index (χ1v) is 7.79. The van der Waals surface area contributed by atoms with Gasteiger partial charge in [0.2, 0.25) is 0 Å². The molecule has 1 rings (SSSR count). The first-order valence-electron chi connectivity index (χ1n) is 6.40. The Morgan fingerprint density at radius 2 is 2.06 bits per heavy atom. The van der Waals surface area contributed by atoms with Crippen LogP contribution in [0.2, 0.25) is 0 Å². The Morgan fingerprint density at radius 1 is 1.44 bits per heavy atom. The Labute approximate surface area is 117 Å². The maximum atomic E-state index is 12.4. The third-order valence-corrected chi connectivity index (χ3v) is 5.35. The second-order valence-corrected chi connectivity index (χ2v) is 6.85. The first kappa shape index (κ1) is 18.1. The van der Waals surface area contributed by atoms with Crippen molar-refractivity contribution in [3.63, 3.8) is 0 Å². The van der Waals surface area contributed by atoms with Crippen LogP contribution in [0.5, 0.6) is 0 Å². The molecule has 7 heteroatoms. The molecule has 5 nitrogen and oxygen atoms in total. The van der Waals surface area contributed by atoms with Crippen molar-refractivity contribution in [3.05, 3.63) is 0 Å². The highest BCUT2D eigenvalue weighted by Gasteiger charge is 2.36. The van der Waals surface area contributed by atoms with E-state index in [0.29, 0.717) is 13.1 Å². The summed E-state index contributed by atoms with van der Waals surface area (Å²) in [4.78, 5) is 0. The van der Waals surface area contributed by atoms with Crippen LogP contribution in [0, 0.1) is 0 Å². The van der Waals surface area contributed by atoms with Gasteiger partial charge >= 0.3 is 0 Å². The number of nitrogens with zero attached hydrogens (tertiary/aromatic N) is 2. The van der Waals surface area contributed by atoms with Gasteiger partial charge in [-0.3, -0.25) is 0 Å². The Balaban J connectivity index is 0.00000289. The van der Waals surface area contributed by atoms with Crippen LogP contribution in [0.15, 0.2) is 0 Å². The maximum absolute atomic E-state index is 12.4. The molecule has 0 aliphatic carbocycles. The highest BCUT2D eigenvalue weighted by atomic mass is 35.5. The summed E-state index contributed by atoms with van der Waals surface area (Å²) < 4.78 is 27.8. The molecule has 2 unspecified atom stereocenters. The molecule has 18 heavy (non-hydrogen) atoms. The van der Waals surface area contributed by atoms with Crippen molar-refractivity contribution < 1.29 is 8.42 Å². The van der Waals surface area contributed by atoms with E-state index >= 15 is 0 Å². The van der Waals surface area contributed by atoms with E-state index in [4.69, 9.17) is 5.73 Å². The van der Waals surface area contributed by atoms with Gasteiger partial charge in [0.1, 0.15) is 0 Å². The zero-order chi connectivity index (χ0) is 13.1. The highest BCUT2D eigenvalue weighted by molar-refractivity contribution is 7.86. The Morgan fingerprint density at radius 3 is 2.56 bits per heavy atom. The van der Waals surface area contributed by atoms with Crippen molar-refractivity contribution >= 4 is 22.6 Å². The largest absolute Gasteiger partial charge is 0.326 e. The molecule has 0 aromatic heterocycles. The summed E-state index contributed by atoms with van der Waals surface area (Å²) in [6, 6.07) is -0.159. The SMILES string of the molecule is CCCN(C)S(=O)(=O)N1CCCCC1C(C)N.Cl. The van der Waals surface area contributed by atoms with Crippen molar-refractivity contribution in [2.45, 2.75) is 51.6 Å². The van der Waals surface area contributed by atoms with Gasteiger partial charge in [0.15, 0.2) is 0 Å². The van der Waals surface area contributed by atoms with Gasteiger partial charge < -0.3 is 5.73 Å². The van der Waals surface area contributed by atoms with E-state index in [1.165, 1.54) is 4.31 Å². The fraction of sp³-hybridized carbons (Fsp3) is 1.00. The summed E-state index contributed by atoms with van der Waals surface area (Å²) in [5.74, 6) is 0. The van der Waals surface area contributed by atoms with E-state index in [1.54, 1.807) is 11.4 Å². The minimum absolute atomic E-state index is 0. The maximum Gasteiger partial charge on any atom is 0.282 e. The molecule has 110 valence electrons. The van der Waals surface area contributed by atoms with Gasteiger partial charge in [-0.05, 0) is 26.2 Å². The fourth-order valence-electron chi connectivity index (χ4n) is 2.35. The van der Waals surface area contributed by atoms with E-state index in [-0.39, 0.29) is 24.5 Å². The lowest BCUT2D eigenvalue weighted by Crippen LogP contribution is -2.55. The lowest BCUT2D eigenvalue weighted by atomic mass is 10.00. The molecule has 1 aliphatic heterocycles. The molecule has 0 aromatic rings. The molecule has 0 bridgehead atoms. The van der Waals surface area contributed by atoms with Crippen molar-refractivity contribution in [1.29, 1.82) is 0 Å². The molecule has 1 fully saturated rings. The summed E-state index contributed by atoms with van der Waals surface area (Å²) in [5.41, 5.74) is 5.90. The minimum Gasteiger partial charge on any atom is -0.326 e. The van der Waals surface area contributed by atoms with Crippen LogP contribution in [-0.2, 0) is 10.2 Å². The predicted octanol–water partition coefficient (Wildman–Crippen LogP) is 1.20. The van der Waals surface area contributed by atoms with Crippen LogP contribution < -0.4 is 5.73 Å². The standard InChI is InChI=1S/C11H25N3O2S.ClH/c1-4-8-13(3)17(15,16)14-9-6-5-7-11(14)10(2)12;/h10-11H,4-9,12H2,1-3H3;1H. The fourth-order valence-corrected chi connectivity index (χ4v) is 4.12. The Bertz CT molecular complexity index is 335. The van der Waals surface area contributed by atoms with E-state index in [9.17, 15) is 8.42 Å². The highest BCUT2D eigenvalue weighted by Crippen LogP contribution is 2.23. The molecule has 2 N–H and O–H groups in total. The number of halogens is 1. The van der Waals surface area contributed by atoms with E-state index in [1.807, 2.05) is 13.8 Å². The van der Waals surface area contributed by atoms with E-state index in [2.05, 4.69) is 0 Å². The van der Waals surface area contributed by atoms with Crippen LogP contribution in [0.3, 0.4) is 0 Å². The molecule has 0 amide bonds. The third kappa shape index (κ3) is 4.06. The number of nitrogens with two attached hydrogens (primary N) is 1. The van der Waals surface area contributed by atoms with Gasteiger partial charge in [-0.25, -0.2) is 0 Å². The summed E-state index contributed by atoms with van der Waals surface area (Å²) in [6.45, 7) is 5.02. The number of piperidine rings is 1. The predicted molar refractivity (Wildman–Crippen MR) is 77.1 cm³/mol. The van der Waals surface area contributed by atoms with Crippen molar-refractivity contribution in [2.75, 3.05) is 20.1 Å². The molecule has 0 aromatic carbocycles. The minimum atomic E-state index is -3.33. The molecule has 2 atom stereocenters. The molecule has 1 aliphatic rings. The van der Waals surface area contributed by atoms with Gasteiger partial charge in [0.05, 0.1) is 0 Å². The molecule has 0 saturated carbocycles. The zero-order valence-corrected chi connectivity index (χ0v) is 13.1. The summed E-state index contributed by atoms with van der Waals surface area (Å²) in [5, 5.41) is 0. The molecule has 1 heterocycles. The second-order valence-electron chi connectivity index (χ2n) is 4.86. The summed E-state index contributed by atoms with van der Waals surface area (Å²) in [7, 11) is -1.69. The van der Waals surface area contributed by atoms with Gasteiger partial charge in [-0.1, -0.05) is 13.3 Å². The lowest BCUT2D eigenvalue weighted by Gasteiger charge is -2.38. The van der Waals surface area contributed by atoms with Crippen LogP contribution in [0.25, 0.3) is 0 Å². The monoisotopic (exact) mass is 299 g/mol. The van der Waals surface area contributed by atoms with Gasteiger partial charge in [-0.2, -0.15) is 17.0 Å². The van der Waals surface area contributed by atoms with Crippen LogP contribution >= 0.6 is 12.4 Å². The topological polar surface area (TPSA) is 66.6 Å². The zero-order valence-electron chi connectivity index (χ0n) is 11.5. The number of rotatable bonds is 5. The van der Waals surface area contributed by atoms with Gasteiger partial charge in [0, 0.05) is 32.2 Å². The average molecular weight is 300 g/mol. The Kier molecular flexibility index (Phi) is 7.70. The molecule has 1 saturated heterocycles. The van der Waals surface area contributed by atoms with E-state index < -0.39 is 10.2 Å². The molecule has 0 spiro atoms. The summed E-state index contributed by atoms with van der Waals surface area (Å²) >= 11 is 0. The Hall–Kier alpha value is 0.120. The van der Waals surface area contributed by atoms with E-state index in [0.717, 1.165) is 25.7 Å². The lowest BCUT2D eigenvalue weighted by molar-refractivity contribution is 0.214. The number of hydrogen-bond donors (Lipinski definition) is 1. The molecular formula is C11H26ClN3O2S. The first-order chi connectivity index (χ1) is 7.91.